The van der Waals surface area contributed by atoms with Crippen LogP contribution in [-0.2, 0) is 22.4 Å². The molecule has 0 bridgehead atoms. The average molecular weight is 531 g/mol. The number of methoxy groups -OCH3 is 1. The number of carbonyl (C=O) groups is 2. The lowest BCUT2D eigenvalue weighted by atomic mass is 9.87. The molecule has 6 heteroatoms. The zero-order valence-electron chi connectivity index (χ0n) is 22.9. The lowest BCUT2D eigenvalue weighted by Gasteiger charge is -2.19. The summed E-state index contributed by atoms with van der Waals surface area (Å²) in [7, 11) is 1.67. The van der Waals surface area contributed by atoms with Gasteiger partial charge in [0.25, 0.3) is 0 Å². The summed E-state index contributed by atoms with van der Waals surface area (Å²) in [6, 6.07) is 11.8. The molecular weight excluding hydrogens is 491 g/mol. The van der Waals surface area contributed by atoms with Crippen LogP contribution in [0.25, 0.3) is 11.1 Å². The van der Waals surface area contributed by atoms with E-state index in [9.17, 15) is 14.0 Å². The van der Waals surface area contributed by atoms with Crippen LogP contribution in [0.2, 0.25) is 0 Å². The Morgan fingerprint density at radius 2 is 1.28 bits per heavy atom. The van der Waals surface area contributed by atoms with E-state index >= 15 is 0 Å². The minimum Gasteiger partial charge on any atom is -0.497 e. The molecule has 5 nitrogen and oxygen atoms in total. The number of amides is 2. The number of nitrogens with one attached hydrogen (secondary N) is 2. The van der Waals surface area contributed by atoms with E-state index in [-0.39, 0.29) is 17.6 Å². The van der Waals surface area contributed by atoms with Gasteiger partial charge in [-0.15, -0.1) is 0 Å². The van der Waals surface area contributed by atoms with E-state index < -0.39 is 0 Å². The van der Waals surface area contributed by atoms with Crippen LogP contribution in [-0.4, -0.2) is 31.0 Å². The first-order valence-corrected chi connectivity index (χ1v) is 14.5. The van der Waals surface area contributed by atoms with E-state index in [2.05, 4.69) is 16.7 Å². The van der Waals surface area contributed by atoms with Gasteiger partial charge in [-0.05, 0) is 122 Å². The molecule has 39 heavy (non-hydrogen) atoms. The van der Waals surface area contributed by atoms with Crippen molar-refractivity contribution in [1.82, 2.24) is 10.6 Å². The van der Waals surface area contributed by atoms with Gasteiger partial charge < -0.3 is 15.4 Å². The fourth-order valence-corrected chi connectivity index (χ4v) is 5.87. The number of hydrogen-bond donors (Lipinski definition) is 2. The first-order valence-electron chi connectivity index (χ1n) is 14.5. The van der Waals surface area contributed by atoms with E-state index in [1.165, 1.54) is 30.0 Å². The Bertz CT molecular complexity index is 1270. The van der Waals surface area contributed by atoms with Crippen LogP contribution in [0.1, 0.15) is 86.5 Å². The lowest BCUT2D eigenvalue weighted by molar-refractivity contribution is -0.117. The van der Waals surface area contributed by atoms with Crippen LogP contribution in [0, 0.1) is 5.82 Å². The number of aryl methyl sites for hydroxylation is 2. The third-order valence-electron chi connectivity index (χ3n) is 8.10. The smallest absolute Gasteiger partial charge is 0.244 e. The van der Waals surface area contributed by atoms with Crippen molar-refractivity contribution in [2.24, 2.45) is 0 Å². The van der Waals surface area contributed by atoms with Gasteiger partial charge in [-0.2, -0.15) is 0 Å². The van der Waals surface area contributed by atoms with E-state index in [0.29, 0.717) is 12.1 Å². The van der Waals surface area contributed by atoms with Crippen LogP contribution in [0.3, 0.4) is 0 Å². The molecule has 0 spiro atoms. The monoisotopic (exact) mass is 530 g/mol. The van der Waals surface area contributed by atoms with Gasteiger partial charge in [-0.3, -0.25) is 9.59 Å². The first-order chi connectivity index (χ1) is 19.0. The van der Waals surface area contributed by atoms with Crippen molar-refractivity contribution in [1.29, 1.82) is 0 Å². The van der Waals surface area contributed by atoms with Gasteiger partial charge in [0.05, 0.1) is 7.11 Å². The van der Waals surface area contributed by atoms with E-state index in [1.54, 1.807) is 25.3 Å². The van der Waals surface area contributed by atoms with Crippen LogP contribution in [0.5, 0.6) is 5.75 Å². The standard InChI is InChI=1S/C17H20FNO.C16H19NO2/c18-14-9-8-12-4-3-5-13(16(12)11-14)10-17(20)19-15-6-1-2-7-15;1-19-14-8-5-11-3-2-4-12(15(11)10-14)9-16(18)17-13-6-7-13/h8-11,15H,1-7H2,(H,19,20);5,8-10,13H,2-4,6-7H2,1H3,(H,17,18)/b13-10+;12-9+. The summed E-state index contributed by atoms with van der Waals surface area (Å²) >= 11 is 0. The SMILES string of the molecule is COc1ccc2c(c1)/C(=C/C(=O)NC1CC1)CCC2.O=C(/C=C1\CCCc2ccc(F)cc21)NC1CCCC1. The van der Waals surface area contributed by atoms with Crippen molar-refractivity contribution in [3.63, 3.8) is 0 Å². The molecule has 0 aliphatic heterocycles. The van der Waals surface area contributed by atoms with Crippen LogP contribution in [0.4, 0.5) is 4.39 Å². The van der Waals surface area contributed by atoms with Crippen molar-refractivity contribution >= 4 is 23.0 Å². The van der Waals surface area contributed by atoms with Crippen molar-refractivity contribution in [2.45, 2.75) is 89.1 Å². The summed E-state index contributed by atoms with van der Waals surface area (Å²) in [5, 5.41) is 6.08. The van der Waals surface area contributed by atoms with Gasteiger partial charge >= 0.3 is 0 Å². The first kappa shape index (κ1) is 27.2. The fourth-order valence-electron chi connectivity index (χ4n) is 5.87. The molecule has 4 aliphatic carbocycles. The molecular formula is C33H39FN2O3. The van der Waals surface area contributed by atoms with Crippen LogP contribution < -0.4 is 15.4 Å². The van der Waals surface area contributed by atoms with E-state index in [4.69, 9.17) is 4.74 Å². The molecule has 0 heterocycles. The second kappa shape index (κ2) is 12.6. The molecule has 206 valence electrons. The van der Waals surface area contributed by atoms with Gasteiger partial charge in [0, 0.05) is 24.2 Å². The molecule has 0 radical (unpaired) electrons. The number of carbonyl (C=O) groups excluding carboxylic acids is 2. The summed E-state index contributed by atoms with van der Waals surface area (Å²) in [5.74, 6) is 0.652. The molecule has 0 unspecified atom stereocenters. The number of fused-ring (bicyclic) bond motifs is 2. The number of halogens is 1. The molecule has 2 aromatic carbocycles. The summed E-state index contributed by atoms with van der Waals surface area (Å²) in [6.45, 7) is 0. The Kier molecular flexibility index (Phi) is 8.80. The van der Waals surface area contributed by atoms with Crippen molar-refractivity contribution < 1.29 is 18.7 Å². The molecule has 4 aliphatic rings. The number of allylic oxidation sites excluding steroid dienone is 2. The summed E-state index contributed by atoms with van der Waals surface area (Å²) in [5.41, 5.74) is 6.67. The number of ether oxygens (including phenoxy) is 1. The van der Waals surface area contributed by atoms with E-state index in [1.807, 2.05) is 18.2 Å². The van der Waals surface area contributed by atoms with Gasteiger partial charge in [0.15, 0.2) is 0 Å². The Balaban J connectivity index is 0.000000158. The summed E-state index contributed by atoms with van der Waals surface area (Å²) in [6.07, 6.45) is 16.3. The average Bonchev–Trinajstić information content (AvgIpc) is 3.60. The number of hydrogen-bond acceptors (Lipinski definition) is 3. The normalized spacial score (nSPS) is 20.5. The zero-order chi connectivity index (χ0) is 27.2. The van der Waals surface area contributed by atoms with Gasteiger partial charge in [0.2, 0.25) is 11.8 Å². The number of benzene rings is 2. The molecule has 2 N–H and O–H groups in total. The van der Waals surface area contributed by atoms with Gasteiger partial charge in [0.1, 0.15) is 11.6 Å². The van der Waals surface area contributed by atoms with Crippen molar-refractivity contribution in [3.05, 3.63) is 76.6 Å². The second-order valence-corrected chi connectivity index (χ2v) is 11.1. The maximum Gasteiger partial charge on any atom is 0.244 e. The highest BCUT2D eigenvalue weighted by atomic mass is 19.1. The third kappa shape index (κ3) is 7.37. The molecule has 2 fully saturated rings. The quantitative estimate of drug-likeness (QED) is 0.446. The Labute approximate surface area is 230 Å². The zero-order valence-corrected chi connectivity index (χ0v) is 22.9. The predicted molar refractivity (Wildman–Crippen MR) is 153 cm³/mol. The van der Waals surface area contributed by atoms with Crippen LogP contribution >= 0.6 is 0 Å². The number of rotatable bonds is 5. The Hall–Kier alpha value is -3.41. The molecule has 6 rings (SSSR count). The maximum atomic E-state index is 13.4. The Morgan fingerprint density at radius 1 is 0.744 bits per heavy atom. The maximum absolute atomic E-state index is 13.4. The lowest BCUT2D eigenvalue weighted by Crippen LogP contribution is -2.31. The molecule has 0 saturated heterocycles. The largest absolute Gasteiger partial charge is 0.497 e. The molecule has 2 aromatic rings. The van der Waals surface area contributed by atoms with Crippen molar-refractivity contribution in [2.75, 3.05) is 7.11 Å². The summed E-state index contributed by atoms with van der Waals surface area (Å²) < 4.78 is 18.7. The Morgan fingerprint density at radius 3 is 1.85 bits per heavy atom. The highest BCUT2D eigenvalue weighted by molar-refractivity contribution is 5.96. The highest BCUT2D eigenvalue weighted by Gasteiger charge is 2.23. The molecule has 0 aromatic heterocycles. The van der Waals surface area contributed by atoms with Gasteiger partial charge in [-0.1, -0.05) is 25.0 Å². The topological polar surface area (TPSA) is 67.4 Å². The highest BCUT2D eigenvalue weighted by Crippen LogP contribution is 2.34. The second-order valence-electron chi connectivity index (χ2n) is 11.1. The summed E-state index contributed by atoms with van der Waals surface area (Å²) in [4.78, 5) is 24.0. The van der Waals surface area contributed by atoms with Crippen molar-refractivity contribution in [3.8, 4) is 5.75 Å². The minimum atomic E-state index is -0.229. The third-order valence-corrected chi connectivity index (χ3v) is 8.10. The molecule has 0 atom stereocenters. The molecule has 2 saturated carbocycles. The fraction of sp³-hybridized carbons (Fsp3) is 0.455. The van der Waals surface area contributed by atoms with Gasteiger partial charge in [-0.25, -0.2) is 4.39 Å². The molecule has 2 amide bonds. The minimum absolute atomic E-state index is 0.0241. The predicted octanol–water partition coefficient (Wildman–Crippen LogP) is 6.30. The van der Waals surface area contributed by atoms with Crippen LogP contribution in [0.15, 0.2) is 48.6 Å². The van der Waals surface area contributed by atoms with E-state index in [0.717, 1.165) is 92.2 Å².